The Morgan fingerprint density at radius 1 is 0.667 bits per heavy atom. The van der Waals surface area contributed by atoms with Crippen LogP contribution in [-0.2, 0) is 9.59 Å². The van der Waals surface area contributed by atoms with Gasteiger partial charge in [0.05, 0.1) is 0 Å². The number of aliphatic carboxylic acids is 2. The number of allylic oxidation sites excluding steroid dienone is 8. The molecule has 0 saturated heterocycles. The second kappa shape index (κ2) is 12.3. The van der Waals surface area contributed by atoms with Crippen molar-refractivity contribution < 1.29 is 19.8 Å². The fourth-order valence-corrected chi connectivity index (χ4v) is 2.60. The minimum Gasteiger partial charge on any atom is -0.480 e. The zero-order chi connectivity index (χ0) is 21.0. The maximum atomic E-state index is 11.8. The van der Waals surface area contributed by atoms with E-state index in [1.54, 1.807) is 12.2 Å². The summed E-state index contributed by atoms with van der Waals surface area (Å²) in [4.78, 5) is 23.7. The lowest BCUT2D eigenvalue weighted by atomic mass is 9.79. The number of hydrogen-bond acceptors (Lipinski definition) is 2. The molecule has 2 N–H and O–H groups in total. The van der Waals surface area contributed by atoms with Crippen LogP contribution in [0.5, 0.6) is 0 Å². The molecular weight excluding hydrogens is 340 g/mol. The SMILES string of the molecule is CC(C)=CCCC(C)=CCC(CC=C(C)CCC=C(C)C)(C(=O)O)C(=O)O. The molecule has 0 radical (unpaired) electrons. The van der Waals surface area contributed by atoms with E-state index in [2.05, 4.69) is 12.2 Å². The van der Waals surface area contributed by atoms with E-state index in [0.717, 1.165) is 36.8 Å². The third-order valence-corrected chi connectivity index (χ3v) is 4.60. The van der Waals surface area contributed by atoms with Crippen LogP contribution in [0.3, 0.4) is 0 Å². The van der Waals surface area contributed by atoms with Crippen molar-refractivity contribution >= 4 is 11.9 Å². The van der Waals surface area contributed by atoms with Crippen molar-refractivity contribution in [3.05, 3.63) is 46.6 Å². The van der Waals surface area contributed by atoms with Crippen LogP contribution in [0.2, 0.25) is 0 Å². The van der Waals surface area contributed by atoms with Crippen molar-refractivity contribution in [1.29, 1.82) is 0 Å². The third kappa shape index (κ3) is 9.97. The summed E-state index contributed by atoms with van der Waals surface area (Å²) < 4.78 is 0. The summed E-state index contributed by atoms with van der Waals surface area (Å²) in [6, 6.07) is 0. The quantitative estimate of drug-likeness (QED) is 0.309. The second-order valence-electron chi connectivity index (χ2n) is 7.84. The van der Waals surface area contributed by atoms with Crippen molar-refractivity contribution in [3.63, 3.8) is 0 Å². The predicted molar refractivity (Wildman–Crippen MR) is 112 cm³/mol. The highest BCUT2D eigenvalue weighted by atomic mass is 16.4. The van der Waals surface area contributed by atoms with Gasteiger partial charge >= 0.3 is 11.9 Å². The Morgan fingerprint density at radius 3 is 1.26 bits per heavy atom. The Hall–Kier alpha value is -2.10. The molecule has 0 aromatic carbocycles. The lowest BCUT2D eigenvalue weighted by molar-refractivity contribution is -0.164. The van der Waals surface area contributed by atoms with Crippen molar-refractivity contribution in [2.24, 2.45) is 5.41 Å². The minimum atomic E-state index is -1.81. The van der Waals surface area contributed by atoms with Gasteiger partial charge in [-0.3, -0.25) is 9.59 Å². The Morgan fingerprint density at radius 2 is 1.00 bits per heavy atom. The molecule has 152 valence electrons. The molecule has 0 heterocycles. The molecular formula is C23H36O4. The molecule has 0 aromatic rings. The van der Waals surface area contributed by atoms with Crippen LogP contribution in [0.15, 0.2) is 46.6 Å². The molecule has 0 spiro atoms. The van der Waals surface area contributed by atoms with Crippen LogP contribution in [-0.4, -0.2) is 22.2 Å². The highest BCUT2D eigenvalue weighted by Crippen LogP contribution is 2.31. The first kappa shape index (κ1) is 24.9. The molecule has 0 aliphatic heterocycles. The molecule has 0 unspecified atom stereocenters. The first-order chi connectivity index (χ1) is 12.5. The fourth-order valence-electron chi connectivity index (χ4n) is 2.60. The summed E-state index contributed by atoms with van der Waals surface area (Å²) in [5.41, 5.74) is 2.70. The number of carboxylic acids is 2. The second-order valence-corrected chi connectivity index (χ2v) is 7.84. The smallest absolute Gasteiger partial charge is 0.321 e. The monoisotopic (exact) mass is 376 g/mol. The summed E-state index contributed by atoms with van der Waals surface area (Å²) in [6.07, 6.45) is 11.1. The molecule has 0 aliphatic carbocycles. The van der Waals surface area contributed by atoms with E-state index in [1.807, 2.05) is 41.5 Å². The standard InChI is InChI=1S/C23H36O4/c1-17(2)9-7-11-19(5)13-15-23(21(24)25,22(26)27)16-14-20(6)12-8-10-18(3)4/h9-10,13-14H,7-8,11-12,15-16H2,1-6H3,(H,24,25)(H,26,27). The Bertz CT molecular complexity index is 569. The summed E-state index contributed by atoms with van der Waals surface area (Å²) in [7, 11) is 0. The molecule has 0 aliphatic rings. The van der Waals surface area contributed by atoms with Gasteiger partial charge in [0.1, 0.15) is 0 Å². The van der Waals surface area contributed by atoms with Gasteiger partial charge in [0.15, 0.2) is 5.41 Å². The van der Waals surface area contributed by atoms with Crippen molar-refractivity contribution in [3.8, 4) is 0 Å². The van der Waals surface area contributed by atoms with E-state index in [1.165, 1.54) is 11.1 Å². The lowest BCUT2D eigenvalue weighted by Crippen LogP contribution is -2.38. The number of hydrogen-bond donors (Lipinski definition) is 2. The Kier molecular flexibility index (Phi) is 11.4. The molecule has 4 heteroatoms. The third-order valence-electron chi connectivity index (χ3n) is 4.60. The molecule has 0 saturated carbocycles. The first-order valence-electron chi connectivity index (χ1n) is 9.56. The Balaban J connectivity index is 5.22. The first-order valence-corrected chi connectivity index (χ1v) is 9.56. The van der Waals surface area contributed by atoms with E-state index in [-0.39, 0.29) is 12.8 Å². The van der Waals surface area contributed by atoms with E-state index in [4.69, 9.17) is 0 Å². The number of carboxylic acid groups (broad SMARTS) is 2. The van der Waals surface area contributed by atoms with Crippen molar-refractivity contribution in [2.45, 2.75) is 80.1 Å². The van der Waals surface area contributed by atoms with Crippen molar-refractivity contribution in [2.75, 3.05) is 0 Å². The highest BCUT2D eigenvalue weighted by Gasteiger charge is 2.44. The number of carbonyl (C=O) groups is 2. The minimum absolute atomic E-state index is 0.00390. The van der Waals surface area contributed by atoms with Gasteiger partial charge in [-0.1, -0.05) is 46.6 Å². The van der Waals surface area contributed by atoms with Crippen LogP contribution in [0.25, 0.3) is 0 Å². The molecule has 0 amide bonds. The zero-order valence-corrected chi connectivity index (χ0v) is 17.8. The highest BCUT2D eigenvalue weighted by molar-refractivity contribution is 5.98. The zero-order valence-electron chi connectivity index (χ0n) is 17.8. The normalized spacial score (nSPS) is 12.5. The molecule has 0 rings (SSSR count). The molecule has 0 atom stereocenters. The van der Waals surface area contributed by atoms with Gasteiger partial charge in [-0.15, -0.1) is 0 Å². The summed E-state index contributed by atoms with van der Waals surface area (Å²) >= 11 is 0. The van der Waals surface area contributed by atoms with E-state index < -0.39 is 17.4 Å². The summed E-state index contributed by atoms with van der Waals surface area (Å²) in [5, 5.41) is 19.3. The van der Waals surface area contributed by atoms with Crippen molar-refractivity contribution in [1.82, 2.24) is 0 Å². The maximum Gasteiger partial charge on any atom is 0.321 e. The van der Waals surface area contributed by atoms with Crippen LogP contribution in [0.1, 0.15) is 80.1 Å². The van der Waals surface area contributed by atoms with Crippen LogP contribution < -0.4 is 0 Å². The van der Waals surface area contributed by atoms with Crippen LogP contribution in [0, 0.1) is 5.41 Å². The Labute approximate surface area is 164 Å². The van der Waals surface area contributed by atoms with Crippen LogP contribution in [0.4, 0.5) is 0 Å². The van der Waals surface area contributed by atoms with Gasteiger partial charge in [-0.25, -0.2) is 0 Å². The fraction of sp³-hybridized carbons (Fsp3) is 0.565. The average molecular weight is 377 g/mol. The van der Waals surface area contributed by atoms with E-state index >= 15 is 0 Å². The van der Waals surface area contributed by atoms with Gasteiger partial charge in [0.25, 0.3) is 0 Å². The molecule has 0 fully saturated rings. The van der Waals surface area contributed by atoms with E-state index in [9.17, 15) is 19.8 Å². The predicted octanol–water partition coefficient (Wildman–Crippen LogP) is 6.31. The molecule has 0 aromatic heterocycles. The van der Waals surface area contributed by atoms with Gasteiger partial charge in [-0.05, 0) is 80.1 Å². The molecule has 4 nitrogen and oxygen atoms in total. The maximum absolute atomic E-state index is 11.8. The van der Waals surface area contributed by atoms with Gasteiger partial charge in [-0.2, -0.15) is 0 Å². The lowest BCUT2D eigenvalue weighted by Gasteiger charge is -2.22. The van der Waals surface area contributed by atoms with Gasteiger partial charge in [0.2, 0.25) is 0 Å². The summed E-state index contributed by atoms with van der Waals surface area (Å²) in [5.74, 6) is -2.56. The van der Waals surface area contributed by atoms with E-state index in [0.29, 0.717) is 0 Å². The largest absolute Gasteiger partial charge is 0.480 e. The van der Waals surface area contributed by atoms with Gasteiger partial charge in [0, 0.05) is 0 Å². The van der Waals surface area contributed by atoms with Crippen LogP contribution >= 0.6 is 0 Å². The number of rotatable bonds is 12. The average Bonchev–Trinajstić information content (AvgIpc) is 2.53. The molecule has 0 bridgehead atoms. The van der Waals surface area contributed by atoms with Gasteiger partial charge < -0.3 is 10.2 Å². The molecule has 27 heavy (non-hydrogen) atoms. The topological polar surface area (TPSA) is 74.6 Å². The summed E-state index contributed by atoms with van der Waals surface area (Å²) in [6.45, 7) is 12.0.